The zero-order valence-corrected chi connectivity index (χ0v) is 13.2. The van der Waals surface area contributed by atoms with E-state index in [1.54, 1.807) is 6.07 Å². The minimum atomic E-state index is -0.191. The second kappa shape index (κ2) is 7.22. The van der Waals surface area contributed by atoms with Crippen molar-refractivity contribution >= 4 is 15.9 Å². The molecule has 102 valence electrons. The molecule has 0 heterocycles. The van der Waals surface area contributed by atoms with Crippen LogP contribution in [0.4, 0.5) is 4.39 Å². The average Bonchev–Trinajstić information content (AvgIpc) is 2.30. The van der Waals surface area contributed by atoms with Crippen LogP contribution in [-0.2, 0) is 6.54 Å². The van der Waals surface area contributed by atoms with Crippen LogP contribution >= 0.6 is 15.9 Å². The summed E-state index contributed by atoms with van der Waals surface area (Å²) in [6.45, 7) is 7.07. The van der Waals surface area contributed by atoms with Gasteiger partial charge in [0.1, 0.15) is 5.82 Å². The number of hydrogen-bond acceptors (Lipinski definition) is 2. The number of halogens is 2. The third-order valence-electron chi connectivity index (χ3n) is 3.06. The first kappa shape index (κ1) is 15.6. The van der Waals surface area contributed by atoms with Crippen LogP contribution in [0.15, 0.2) is 22.7 Å². The monoisotopic (exact) mass is 316 g/mol. The van der Waals surface area contributed by atoms with Gasteiger partial charge in [-0.05, 0) is 55.1 Å². The summed E-state index contributed by atoms with van der Waals surface area (Å²) in [5.74, 6) is -0.191. The van der Waals surface area contributed by atoms with Gasteiger partial charge in [0, 0.05) is 19.1 Å². The number of benzene rings is 1. The fourth-order valence-electron chi connectivity index (χ4n) is 2.11. The zero-order chi connectivity index (χ0) is 13.7. The van der Waals surface area contributed by atoms with Crippen LogP contribution in [-0.4, -0.2) is 43.0 Å². The van der Waals surface area contributed by atoms with Crippen molar-refractivity contribution in [2.75, 3.05) is 27.2 Å². The fourth-order valence-corrected chi connectivity index (χ4v) is 2.50. The van der Waals surface area contributed by atoms with E-state index in [4.69, 9.17) is 0 Å². The highest BCUT2D eigenvalue weighted by molar-refractivity contribution is 9.10. The van der Waals surface area contributed by atoms with Gasteiger partial charge in [0.05, 0.1) is 4.47 Å². The standard InChI is InChI=1S/C14H22BrFN2/c1-5-18(11(2)9-17(3)4)10-12-7-6-8-13(16)14(12)15/h6-8,11H,5,9-10H2,1-4H3. The molecule has 18 heavy (non-hydrogen) atoms. The Hall–Kier alpha value is -0.450. The Morgan fingerprint density at radius 3 is 2.56 bits per heavy atom. The molecule has 0 fully saturated rings. The third-order valence-corrected chi connectivity index (χ3v) is 3.95. The maximum absolute atomic E-state index is 13.5. The summed E-state index contributed by atoms with van der Waals surface area (Å²) in [7, 11) is 4.14. The molecule has 1 aromatic rings. The summed E-state index contributed by atoms with van der Waals surface area (Å²) < 4.78 is 14.1. The van der Waals surface area contributed by atoms with Gasteiger partial charge in [-0.2, -0.15) is 0 Å². The summed E-state index contributed by atoms with van der Waals surface area (Å²) in [5.41, 5.74) is 1.00. The molecule has 4 heteroatoms. The molecule has 1 unspecified atom stereocenters. The minimum absolute atomic E-state index is 0.191. The quantitative estimate of drug-likeness (QED) is 0.794. The molecule has 0 N–H and O–H groups in total. The Morgan fingerprint density at radius 1 is 1.33 bits per heavy atom. The molecule has 0 aliphatic carbocycles. The van der Waals surface area contributed by atoms with Gasteiger partial charge in [-0.1, -0.05) is 19.1 Å². The smallest absolute Gasteiger partial charge is 0.137 e. The molecule has 0 radical (unpaired) electrons. The molecular formula is C14H22BrFN2. The summed E-state index contributed by atoms with van der Waals surface area (Å²) in [6, 6.07) is 5.66. The Labute approximate surface area is 118 Å². The summed E-state index contributed by atoms with van der Waals surface area (Å²) >= 11 is 3.33. The Kier molecular flexibility index (Phi) is 6.26. The lowest BCUT2D eigenvalue weighted by Crippen LogP contribution is -2.39. The van der Waals surface area contributed by atoms with Crippen molar-refractivity contribution in [3.05, 3.63) is 34.1 Å². The highest BCUT2D eigenvalue weighted by Crippen LogP contribution is 2.22. The summed E-state index contributed by atoms with van der Waals surface area (Å²) in [5, 5.41) is 0. The molecule has 0 aliphatic heterocycles. The van der Waals surface area contributed by atoms with E-state index in [1.807, 2.05) is 6.07 Å². The van der Waals surface area contributed by atoms with E-state index in [2.05, 4.69) is 53.7 Å². The summed E-state index contributed by atoms with van der Waals surface area (Å²) in [6.07, 6.45) is 0. The molecule has 0 saturated carbocycles. The first-order valence-electron chi connectivity index (χ1n) is 6.27. The Bertz CT molecular complexity index is 382. The van der Waals surface area contributed by atoms with Crippen molar-refractivity contribution in [3.8, 4) is 0 Å². The van der Waals surface area contributed by atoms with Crippen LogP contribution < -0.4 is 0 Å². The highest BCUT2D eigenvalue weighted by atomic mass is 79.9. The Balaban J connectivity index is 2.76. The van der Waals surface area contributed by atoms with Crippen LogP contribution in [0.5, 0.6) is 0 Å². The van der Waals surface area contributed by atoms with Gasteiger partial charge < -0.3 is 4.90 Å². The van der Waals surface area contributed by atoms with E-state index in [-0.39, 0.29) is 5.82 Å². The number of likely N-dealkylation sites (N-methyl/N-ethyl adjacent to an activating group) is 2. The number of rotatable bonds is 6. The predicted molar refractivity (Wildman–Crippen MR) is 78.2 cm³/mol. The topological polar surface area (TPSA) is 6.48 Å². The molecule has 0 bridgehead atoms. The SMILES string of the molecule is CCN(Cc1cccc(F)c1Br)C(C)CN(C)C. The molecule has 0 aromatic heterocycles. The normalized spacial score (nSPS) is 13.3. The maximum atomic E-state index is 13.5. The molecule has 2 nitrogen and oxygen atoms in total. The number of nitrogens with zero attached hydrogens (tertiary/aromatic N) is 2. The molecule has 1 rings (SSSR count). The van der Waals surface area contributed by atoms with E-state index in [9.17, 15) is 4.39 Å². The van der Waals surface area contributed by atoms with Crippen molar-refractivity contribution in [1.82, 2.24) is 9.80 Å². The van der Waals surface area contributed by atoms with Gasteiger partial charge in [0.25, 0.3) is 0 Å². The van der Waals surface area contributed by atoms with Crippen LogP contribution in [0.3, 0.4) is 0 Å². The second-order valence-corrected chi connectivity index (χ2v) is 5.68. The van der Waals surface area contributed by atoms with E-state index >= 15 is 0 Å². The molecule has 0 spiro atoms. The van der Waals surface area contributed by atoms with E-state index in [0.29, 0.717) is 10.5 Å². The molecule has 1 aromatic carbocycles. The highest BCUT2D eigenvalue weighted by Gasteiger charge is 2.15. The molecule has 0 aliphatic rings. The van der Waals surface area contributed by atoms with Crippen molar-refractivity contribution in [2.24, 2.45) is 0 Å². The predicted octanol–water partition coefficient (Wildman–Crippen LogP) is 3.36. The van der Waals surface area contributed by atoms with E-state index in [0.717, 1.165) is 25.2 Å². The van der Waals surface area contributed by atoms with E-state index < -0.39 is 0 Å². The van der Waals surface area contributed by atoms with E-state index in [1.165, 1.54) is 6.07 Å². The largest absolute Gasteiger partial charge is 0.308 e. The van der Waals surface area contributed by atoms with Gasteiger partial charge in [0.15, 0.2) is 0 Å². The Morgan fingerprint density at radius 2 is 2.00 bits per heavy atom. The maximum Gasteiger partial charge on any atom is 0.137 e. The third kappa shape index (κ3) is 4.34. The van der Waals surface area contributed by atoms with Crippen molar-refractivity contribution in [2.45, 2.75) is 26.4 Å². The van der Waals surface area contributed by atoms with Gasteiger partial charge >= 0.3 is 0 Å². The van der Waals surface area contributed by atoms with Gasteiger partial charge in [-0.25, -0.2) is 4.39 Å². The van der Waals surface area contributed by atoms with Gasteiger partial charge in [0.2, 0.25) is 0 Å². The second-order valence-electron chi connectivity index (χ2n) is 4.89. The lowest BCUT2D eigenvalue weighted by atomic mass is 10.1. The molecule has 1 atom stereocenters. The summed E-state index contributed by atoms with van der Waals surface area (Å²) in [4.78, 5) is 4.52. The van der Waals surface area contributed by atoms with Crippen LogP contribution in [0.2, 0.25) is 0 Å². The molecule has 0 amide bonds. The minimum Gasteiger partial charge on any atom is -0.308 e. The van der Waals surface area contributed by atoms with Crippen LogP contribution in [0.1, 0.15) is 19.4 Å². The fraction of sp³-hybridized carbons (Fsp3) is 0.571. The lowest BCUT2D eigenvalue weighted by Gasteiger charge is -2.30. The molecule has 0 saturated heterocycles. The van der Waals surface area contributed by atoms with Crippen molar-refractivity contribution in [3.63, 3.8) is 0 Å². The zero-order valence-electron chi connectivity index (χ0n) is 11.6. The van der Waals surface area contributed by atoms with Crippen LogP contribution in [0, 0.1) is 5.82 Å². The lowest BCUT2D eigenvalue weighted by molar-refractivity contribution is 0.174. The van der Waals surface area contributed by atoms with Gasteiger partial charge in [-0.15, -0.1) is 0 Å². The molecular weight excluding hydrogens is 295 g/mol. The van der Waals surface area contributed by atoms with Crippen molar-refractivity contribution in [1.29, 1.82) is 0 Å². The number of hydrogen-bond donors (Lipinski definition) is 0. The van der Waals surface area contributed by atoms with Crippen LogP contribution in [0.25, 0.3) is 0 Å². The first-order valence-corrected chi connectivity index (χ1v) is 7.06. The van der Waals surface area contributed by atoms with Gasteiger partial charge in [-0.3, -0.25) is 4.90 Å². The van der Waals surface area contributed by atoms with Crippen molar-refractivity contribution < 1.29 is 4.39 Å². The first-order chi connectivity index (χ1) is 8.45. The average molecular weight is 317 g/mol.